The number of hydrogen-bond acceptors (Lipinski definition) is 7. The van der Waals surface area contributed by atoms with Gasteiger partial charge in [0.05, 0.1) is 24.1 Å². The van der Waals surface area contributed by atoms with Crippen LogP contribution in [0.3, 0.4) is 0 Å². The van der Waals surface area contributed by atoms with Gasteiger partial charge in [0.15, 0.2) is 11.2 Å². The maximum atomic E-state index is 13.6. The zero-order valence-corrected chi connectivity index (χ0v) is 21.7. The Morgan fingerprint density at radius 1 is 1.23 bits per heavy atom. The Bertz CT molecular complexity index is 1710. The summed E-state index contributed by atoms with van der Waals surface area (Å²) in [5, 5.41) is 7.12. The first-order valence-corrected chi connectivity index (χ1v) is 12.3. The Balaban J connectivity index is 0.000000470. The van der Waals surface area contributed by atoms with Crippen LogP contribution in [-0.2, 0) is 24.9 Å². The van der Waals surface area contributed by atoms with E-state index in [1.165, 1.54) is 9.13 Å². The summed E-state index contributed by atoms with van der Waals surface area (Å²) in [6.45, 7) is 3.52. The number of rotatable bonds is 4. The molecule has 212 valence electrons. The van der Waals surface area contributed by atoms with Gasteiger partial charge in [0.2, 0.25) is 5.95 Å². The number of halogens is 3. The minimum absolute atomic E-state index is 0.0324. The third-order valence-corrected chi connectivity index (χ3v) is 6.36. The molecule has 12 nitrogen and oxygen atoms in total. The molecule has 0 radical (unpaired) electrons. The summed E-state index contributed by atoms with van der Waals surface area (Å²) in [4.78, 5) is 50.2. The van der Waals surface area contributed by atoms with E-state index >= 15 is 0 Å². The van der Waals surface area contributed by atoms with Gasteiger partial charge in [-0.05, 0) is 31.9 Å². The highest BCUT2D eigenvalue weighted by atomic mass is 19.4. The number of nitrogens with one attached hydrogen (secondary N) is 1. The number of para-hydroxylation sites is 2. The molecule has 0 spiro atoms. The van der Waals surface area contributed by atoms with Gasteiger partial charge in [0.1, 0.15) is 5.82 Å². The number of piperidine rings is 1. The SMILES string of the molecule is CC#CCn1c(N2CCCC(N)C2)nc2c1c(=O)n(Cc1nc3ccccc3[nH]1)c(=O)n2C.O=C(O)C(F)(F)F. The summed E-state index contributed by atoms with van der Waals surface area (Å²) >= 11 is 0. The topological polar surface area (TPSA) is 157 Å². The van der Waals surface area contributed by atoms with E-state index in [-0.39, 0.29) is 12.6 Å². The van der Waals surface area contributed by atoms with E-state index in [0.29, 0.717) is 36.0 Å². The lowest BCUT2D eigenvalue weighted by atomic mass is 10.1. The van der Waals surface area contributed by atoms with Crippen LogP contribution in [0, 0.1) is 11.8 Å². The van der Waals surface area contributed by atoms with Crippen molar-refractivity contribution < 1.29 is 23.1 Å². The molecule has 1 aromatic carbocycles. The standard InChI is InChI=1S/C23H26N8O2.C2HF3O2/c1-3-4-12-30-19-20(27-22(30)29-11-7-8-15(24)13-29)28(2)23(33)31(21(19)32)14-18-25-16-9-5-6-10-17(16)26-18;3-2(4,5)1(6)7/h5-6,9-10,15H,7-8,11-14,24H2,1-2H3,(H,25,26);(H,6,7). The van der Waals surface area contributed by atoms with Crippen molar-refractivity contribution >= 4 is 34.1 Å². The third-order valence-electron chi connectivity index (χ3n) is 6.36. The van der Waals surface area contributed by atoms with Crippen molar-refractivity contribution in [1.29, 1.82) is 0 Å². The number of aromatic amines is 1. The van der Waals surface area contributed by atoms with Crippen molar-refractivity contribution in [3.8, 4) is 11.8 Å². The van der Waals surface area contributed by atoms with Gasteiger partial charge in [-0.15, -0.1) is 5.92 Å². The van der Waals surface area contributed by atoms with Gasteiger partial charge in [0.25, 0.3) is 5.56 Å². The van der Waals surface area contributed by atoms with E-state index in [1.54, 1.807) is 18.5 Å². The van der Waals surface area contributed by atoms with E-state index in [2.05, 4.69) is 26.7 Å². The van der Waals surface area contributed by atoms with Crippen LogP contribution in [0.15, 0.2) is 33.9 Å². The van der Waals surface area contributed by atoms with Crippen molar-refractivity contribution in [3.63, 3.8) is 0 Å². The van der Waals surface area contributed by atoms with E-state index in [4.69, 9.17) is 20.6 Å². The molecule has 0 aliphatic carbocycles. The molecule has 1 unspecified atom stereocenters. The normalized spacial score (nSPS) is 15.4. The third kappa shape index (κ3) is 5.71. The molecule has 4 aromatic rings. The fourth-order valence-corrected chi connectivity index (χ4v) is 4.47. The predicted molar refractivity (Wildman–Crippen MR) is 141 cm³/mol. The summed E-state index contributed by atoms with van der Waals surface area (Å²) < 4.78 is 36.2. The molecule has 4 heterocycles. The second-order valence-corrected chi connectivity index (χ2v) is 9.18. The first kappa shape index (κ1) is 28.4. The fraction of sp³-hybridized carbons (Fsp3) is 0.400. The molecule has 1 saturated heterocycles. The zero-order chi connectivity index (χ0) is 29.2. The number of carboxylic acid groups (broad SMARTS) is 1. The second kappa shape index (κ2) is 11.3. The molecule has 1 fully saturated rings. The molecule has 0 bridgehead atoms. The molecule has 0 saturated carbocycles. The van der Waals surface area contributed by atoms with Crippen LogP contribution in [0.1, 0.15) is 25.6 Å². The predicted octanol–water partition coefficient (Wildman–Crippen LogP) is 1.41. The summed E-state index contributed by atoms with van der Waals surface area (Å²) in [5.41, 5.74) is 7.67. The molecular weight excluding hydrogens is 533 g/mol. The van der Waals surface area contributed by atoms with Crippen LogP contribution in [-0.4, -0.2) is 65.0 Å². The van der Waals surface area contributed by atoms with Crippen LogP contribution in [0.5, 0.6) is 0 Å². The number of nitrogens with zero attached hydrogens (tertiary/aromatic N) is 6. The van der Waals surface area contributed by atoms with E-state index in [1.807, 2.05) is 24.3 Å². The maximum absolute atomic E-state index is 13.6. The van der Waals surface area contributed by atoms with Crippen molar-refractivity contribution in [2.75, 3.05) is 18.0 Å². The quantitative estimate of drug-likeness (QED) is 0.316. The highest BCUT2D eigenvalue weighted by molar-refractivity contribution is 5.76. The molecule has 1 atom stereocenters. The monoisotopic (exact) mass is 560 g/mol. The van der Waals surface area contributed by atoms with Gasteiger partial charge in [-0.1, -0.05) is 18.1 Å². The van der Waals surface area contributed by atoms with Gasteiger partial charge < -0.3 is 20.7 Å². The van der Waals surface area contributed by atoms with Crippen molar-refractivity contribution in [3.05, 3.63) is 50.9 Å². The van der Waals surface area contributed by atoms with Crippen LogP contribution < -0.4 is 21.9 Å². The van der Waals surface area contributed by atoms with Crippen molar-refractivity contribution in [1.82, 2.24) is 28.7 Å². The van der Waals surface area contributed by atoms with E-state index < -0.39 is 23.4 Å². The molecular formula is C25H27F3N8O4. The van der Waals surface area contributed by atoms with Gasteiger partial charge in [-0.3, -0.25) is 18.5 Å². The largest absolute Gasteiger partial charge is 0.490 e. The number of nitrogens with two attached hydrogens (primary N) is 1. The molecule has 4 N–H and O–H groups in total. The number of hydrogen-bond donors (Lipinski definition) is 3. The number of imidazole rings is 2. The lowest BCUT2D eigenvalue weighted by Gasteiger charge is -2.31. The van der Waals surface area contributed by atoms with E-state index in [9.17, 15) is 22.8 Å². The Labute approximate surface area is 224 Å². The lowest BCUT2D eigenvalue weighted by molar-refractivity contribution is -0.192. The maximum Gasteiger partial charge on any atom is 0.490 e. The highest BCUT2D eigenvalue weighted by Crippen LogP contribution is 2.23. The average molecular weight is 561 g/mol. The Hall–Kier alpha value is -4.58. The molecule has 15 heteroatoms. The number of aryl methyl sites for hydroxylation is 1. The highest BCUT2D eigenvalue weighted by Gasteiger charge is 2.38. The van der Waals surface area contributed by atoms with Crippen molar-refractivity contribution in [2.45, 2.75) is 45.1 Å². The summed E-state index contributed by atoms with van der Waals surface area (Å²) in [5.74, 6) is 4.34. The minimum Gasteiger partial charge on any atom is -0.475 e. The smallest absolute Gasteiger partial charge is 0.475 e. The average Bonchev–Trinajstić information content (AvgIpc) is 3.50. The number of carbonyl (C=O) groups is 1. The fourth-order valence-electron chi connectivity index (χ4n) is 4.47. The van der Waals surface area contributed by atoms with Crippen LogP contribution in [0.2, 0.25) is 0 Å². The van der Waals surface area contributed by atoms with Crippen LogP contribution in [0.4, 0.5) is 19.1 Å². The molecule has 3 aromatic heterocycles. The second-order valence-electron chi connectivity index (χ2n) is 9.18. The zero-order valence-electron chi connectivity index (χ0n) is 21.7. The molecule has 1 aliphatic rings. The lowest BCUT2D eigenvalue weighted by Crippen LogP contribution is -2.44. The molecule has 0 amide bonds. The Morgan fingerprint density at radius 3 is 2.55 bits per heavy atom. The summed E-state index contributed by atoms with van der Waals surface area (Å²) in [6, 6.07) is 7.63. The number of aromatic nitrogens is 6. The molecule has 40 heavy (non-hydrogen) atoms. The first-order chi connectivity index (χ1) is 18.9. The van der Waals surface area contributed by atoms with Gasteiger partial charge in [0, 0.05) is 26.2 Å². The number of anilines is 1. The Kier molecular flexibility index (Phi) is 8.01. The first-order valence-electron chi connectivity index (χ1n) is 12.3. The summed E-state index contributed by atoms with van der Waals surface area (Å²) in [7, 11) is 1.63. The number of carboxylic acids is 1. The Morgan fingerprint density at radius 2 is 1.93 bits per heavy atom. The van der Waals surface area contributed by atoms with Gasteiger partial charge in [-0.2, -0.15) is 18.2 Å². The summed E-state index contributed by atoms with van der Waals surface area (Å²) in [6.07, 6.45) is -3.19. The minimum atomic E-state index is -5.08. The molecule has 5 rings (SSSR count). The molecule has 1 aliphatic heterocycles. The van der Waals surface area contributed by atoms with Crippen molar-refractivity contribution in [2.24, 2.45) is 12.8 Å². The number of alkyl halides is 3. The van der Waals surface area contributed by atoms with Crippen LogP contribution >= 0.6 is 0 Å². The van der Waals surface area contributed by atoms with Gasteiger partial charge in [-0.25, -0.2) is 14.6 Å². The van der Waals surface area contributed by atoms with E-state index in [0.717, 1.165) is 30.4 Å². The number of fused-ring (bicyclic) bond motifs is 2. The number of aliphatic carboxylic acids is 1. The van der Waals surface area contributed by atoms with Crippen LogP contribution in [0.25, 0.3) is 22.2 Å². The number of H-pyrrole nitrogens is 1. The number of benzene rings is 1. The van der Waals surface area contributed by atoms with Gasteiger partial charge >= 0.3 is 17.8 Å².